The highest BCUT2D eigenvalue weighted by Gasteiger charge is 2.08. The molecule has 4 nitrogen and oxygen atoms in total. The zero-order valence-corrected chi connectivity index (χ0v) is 9.38. The van der Waals surface area contributed by atoms with Crippen molar-refractivity contribution in [3.8, 4) is 5.75 Å². The Bertz CT molecular complexity index is 522. The smallest absolute Gasteiger partial charge is 0.133 e. The molecule has 0 fully saturated rings. The number of aliphatic hydroxyl groups is 1. The van der Waals surface area contributed by atoms with Crippen LogP contribution in [0.5, 0.6) is 5.75 Å². The van der Waals surface area contributed by atoms with Gasteiger partial charge in [0.25, 0.3) is 0 Å². The Kier molecular flexibility index (Phi) is 3.07. The number of nitrogen functional groups attached to an aromatic ring is 1. The summed E-state index contributed by atoms with van der Waals surface area (Å²) in [7, 11) is 0. The van der Waals surface area contributed by atoms with Crippen LogP contribution in [-0.2, 0) is 0 Å². The fourth-order valence-electron chi connectivity index (χ4n) is 1.45. The minimum Gasteiger partial charge on any atom is -0.491 e. The highest BCUT2D eigenvalue weighted by molar-refractivity contribution is 7.20. The average Bonchev–Trinajstić information content (AvgIpc) is 2.70. The minimum absolute atomic E-state index is 0.0138. The number of hydrogen-bond donors (Lipinski definition) is 3. The molecule has 2 aromatic rings. The molecule has 0 spiro atoms. The molecule has 0 aliphatic carbocycles. The molecular formula is C11H12N2O2S. The van der Waals surface area contributed by atoms with Crippen molar-refractivity contribution in [1.29, 1.82) is 5.41 Å². The number of ether oxygens (including phenoxy) is 1. The molecule has 1 aromatic carbocycles. The molecular weight excluding hydrogens is 224 g/mol. The highest BCUT2D eigenvalue weighted by atomic mass is 32.1. The zero-order chi connectivity index (χ0) is 11.5. The standard InChI is InChI=1S/C11H12N2O2S/c12-11(13)10-6-7-8(15-5-4-14)2-1-3-9(7)16-10/h1-3,6,14H,4-5H2,(H3,12,13). The van der Waals surface area contributed by atoms with Crippen molar-refractivity contribution in [1.82, 2.24) is 0 Å². The lowest BCUT2D eigenvalue weighted by Crippen LogP contribution is -2.08. The Morgan fingerprint density at radius 2 is 2.31 bits per heavy atom. The van der Waals surface area contributed by atoms with E-state index in [1.165, 1.54) is 11.3 Å². The lowest BCUT2D eigenvalue weighted by atomic mass is 10.2. The van der Waals surface area contributed by atoms with Crippen LogP contribution in [0.1, 0.15) is 4.88 Å². The van der Waals surface area contributed by atoms with E-state index in [0.717, 1.165) is 20.7 Å². The van der Waals surface area contributed by atoms with E-state index in [-0.39, 0.29) is 19.0 Å². The summed E-state index contributed by atoms with van der Waals surface area (Å²) >= 11 is 1.46. The Hall–Kier alpha value is -1.59. The van der Waals surface area contributed by atoms with E-state index in [1.54, 1.807) is 0 Å². The fraction of sp³-hybridized carbons (Fsp3) is 0.182. The van der Waals surface area contributed by atoms with Crippen LogP contribution < -0.4 is 10.5 Å². The number of rotatable bonds is 4. The predicted molar refractivity (Wildman–Crippen MR) is 65.4 cm³/mol. The summed E-state index contributed by atoms with van der Waals surface area (Å²) < 4.78 is 6.44. The second-order valence-electron chi connectivity index (χ2n) is 3.26. The summed E-state index contributed by atoms with van der Waals surface area (Å²) in [6.45, 7) is 0.254. The third kappa shape index (κ3) is 2.00. The summed E-state index contributed by atoms with van der Waals surface area (Å²) in [6.07, 6.45) is 0. The second-order valence-corrected chi connectivity index (χ2v) is 4.35. The van der Waals surface area contributed by atoms with Crippen LogP contribution in [0.3, 0.4) is 0 Å². The van der Waals surface area contributed by atoms with Gasteiger partial charge in [0.1, 0.15) is 18.2 Å². The van der Waals surface area contributed by atoms with Crippen LogP contribution in [0.15, 0.2) is 24.3 Å². The van der Waals surface area contributed by atoms with Crippen molar-refractivity contribution in [3.63, 3.8) is 0 Å². The molecule has 1 heterocycles. The maximum atomic E-state index is 8.72. The summed E-state index contributed by atoms with van der Waals surface area (Å²) in [4.78, 5) is 0.732. The van der Waals surface area contributed by atoms with Gasteiger partial charge in [-0.3, -0.25) is 5.41 Å². The van der Waals surface area contributed by atoms with Gasteiger partial charge in [0.15, 0.2) is 0 Å². The largest absolute Gasteiger partial charge is 0.491 e. The van der Waals surface area contributed by atoms with Gasteiger partial charge in [-0.25, -0.2) is 0 Å². The van der Waals surface area contributed by atoms with Crippen LogP contribution in [0.25, 0.3) is 10.1 Å². The van der Waals surface area contributed by atoms with Crippen molar-refractivity contribution in [2.75, 3.05) is 13.2 Å². The lowest BCUT2D eigenvalue weighted by molar-refractivity contribution is 0.203. The van der Waals surface area contributed by atoms with E-state index in [4.69, 9.17) is 21.0 Å². The molecule has 16 heavy (non-hydrogen) atoms. The van der Waals surface area contributed by atoms with Crippen LogP contribution in [0.4, 0.5) is 0 Å². The van der Waals surface area contributed by atoms with Crippen molar-refractivity contribution < 1.29 is 9.84 Å². The number of nitrogens with two attached hydrogens (primary N) is 1. The third-order valence-corrected chi connectivity index (χ3v) is 3.27. The summed E-state index contributed by atoms with van der Waals surface area (Å²) in [5.41, 5.74) is 5.44. The summed E-state index contributed by atoms with van der Waals surface area (Å²) in [6, 6.07) is 7.53. The number of hydrogen-bond acceptors (Lipinski definition) is 4. The molecule has 84 valence electrons. The third-order valence-electron chi connectivity index (χ3n) is 2.14. The Morgan fingerprint density at radius 1 is 1.50 bits per heavy atom. The van der Waals surface area contributed by atoms with Crippen molar-refractivity contribution in [2.24, 2.45) is 5.73 Å². The van der Waals surface area contributed by atoms with Crippen LogP contribution >= 0.6 is 11.3 Å². The first-order valence-corrected chi connectivity index (χ1v) is 5.64. The van der Waals surface area contributed by atoms with E-state index in [9.17, 15) is 0 Å². The summed E-state index contributed by atoms with van der Waals surface area (Å²) in [5.74, 6) is 0.782. The predicted octanol–water partition coefficient (Wildman–Crippen LogP) is 1.56. The fourth-order valence-corrected chi connectivity index (χ4v) is 2.39. The number of thiophene rings is 1. The number of fused-ring (bicyclic) bond motifs is 1. The molecule has 0 bridgehead atoms. The number of benzene rings is 1. The molecule has 5 heteroatoms. The molecule has 2 rings (SSSR count). The molecule has 1 aromatic heterocycles. The SMILES string of the molecule is N=C(N)c1cc2c(OCCO)cccc2s1. The van der Waals surface area contributed by atoms with E-state index < -0.39 is 0 Å². The maximum Gasteiger partial charge on any atom is 0.133 e. The van der Waals surface area contributed by atoms with Gasteiger partial charge in [0.2, 0.25) is 0 Å². The topological polar surface area (TPSA) is 79.3 Å². The molecule has 0 radical (unpaired) electrons. The first-order valence-electron chi connectivity index (χ1n) is 4.83. The molecule has 0 unspecified atom stereocenters. The van der Waals surface area contributed by atoms with Gasteiger partial charge in [0.05, 0.1) is 11.5 Å². The normalized spacial score (nSPS) is 10.6. The van der Waals surface area contributed by atoms with Gasteiger partial charge in [-0.15, -0.1) is 11.3 Å². The molecule has 0 aliphatic heterocycles. The van der Waals surface area contributed by atoms with Crippen LogP contribution in [0, 0.1) is 5.41 Å². The maximum absolute atomic E-state index is 8.72. The number of amidine groups is 1. The molecule has 0 aliphatic rings. The Morgan fingerprint density at radius 3 is 3.00 bits per heavy atom. The van der Waals surface area contributed by atoms with Gasteiger partial charge in [-0.1, -0.05) is 6.07 Å². The first-order chi connectivity index (χ1) is 7.72. The Labute approximate surface area is 96.8 Å². The van der Waals surface area contributed by atoms with Gasteiger partial charge in [0, 0.05) is 10.1 Å². The van der Waals surface area contributed by atoms with Crippen molar-refractivity contribution in [2.45, 2.75) is 0 Å². The first kappa shape index (κ1) is 10.9. The van der Waals surface area contributed by atoms with Gasteiger partial charge in [-0.2, -0.15) is 0 Å². The molecule has 0 amide bonds. The van der Waals surface area contributed by atoms with Crippen molar-refractivity contribution in [3.05, 3.63) is 29.1 Å². The quantitative estimate of drug-likeness (QED) is 0.556. The second kappa shape index (κ2) is 4.51. The molecule has 4 N–H and O–H groups in total. The van der Waals surface area contributed by atoms with Gasteiger partial charge < -0.3 is 15.6 Å². The lowest BCUT2D eigenvalue weighted by Gasteiger charge is -2.04. The Balaban J connectivity index is 2.45. The van der Waals surface area contributed by atoms with E-state index in [0.29, 0.717) is 0 Å². The zero-order valence-electron chi connectivity index (χ0n) is 8.56. The number of nitrogens with one attached hydrogen (secondary N) is 1. The number of aliphatic hydroxyl groups excluding tert-OH is 1. The van der Waals surface area contributed by atoms with Crippen LogP contribution in [-0.4, -0.2) is 24.2 Å². The van der Waals surface area contributed by atoms with E-state index in [1.807, 2.05) is 24.3 Å². The average molecular weight is 236 g/mol. The molecule has 0 saturated heterocycles. The van der Waals surface area contributed by atoms with E-state index >= 15 is 0 Å². The minimum atomic E-state index is -0.0138. The molecule has 0 saturated carbocycles. The molecule has 0 atom stereocenters. The van der Waals surface area contributed by atoms with Gasteiger partial charge in [-0.05, 0) is 18.2 Å². The highest BCUT2D eigenvalue weighted by Crippen LogP contribution is 2.32. The monoisotopic (exact) mass is 236 g/mol. The van der Waals surface area contributed by atoms with E-state index in [2.05, 4.69) is 0 Å². The van der Waals surface area contributed by atoms with Crippen LogP contribution in [0.2, 0.25) is 0 Å². The van der Waals surface area contributed by atoms with Gasteiger partial charge >= 0.3 is 0 Å². The van der Waals surface area contributed by atoms with Crippen molar-refractivity contribution >= 4 is 27.3 Å². The summed E-state index contributed by atoms with van der Waals surface area (Å²) in [5, 5.41) is 17.0.